The fourth-order valence-corrected chi connectivity index (χ4v) is 0. The summed E-state index contributed by atoms with van der Waals surface area (Å²) >= 11 is 0. The smallest absolute Gasteiger partial charge is 0.418 e. The highest BCUT2D eigenvalue weighted by atomic mass is 19.5. The van der Waals surface area contributed by atoms with E-state index in [4.69, 9.17) is 10.1 Å². The lowest BCUT2D eigenvalue weighted by atomic mass is 10.3. The van der Waals surface area contributed by atoms with Crippen LogP contribution in [0, 0.1) is 10.1 Å². The minimum absolute atomic E-state index is 0.250. The van der Waals surface area contributed by atoms with Crippen molar-refractivity contribution in [2.45, 2.75) is 0 Å². The van der Waals surface area contributed by atoms with Crippen molar-refractivity contribution in [3.63, 3.8) is 0 Å². The van der Waals surface area contributed by atoms with Gasteiger partial charge in [0.2, 0.25) is 0 Å². The summed E-state index contributed by atoms with van der Waals surface area (Å²) < 4.78 is 39.0. The maximum atomic E-state index is 9.75. The molecule has 0 saturated carbocycles. The maximum Gasteiger partial charge on any atom is 0.673 e. The molecule has 50 valence electrons. The van der Waals surface area contributed by atoms with Gasteiger partial charge in [-0.05, 0) is 0 Å². The summed E-state index contributed by atoms with van der Waals surface area (Å²) in [6.07, 6.45) is 0. The number of hydrogen-bond acceptors (Lipinski definition) is 2. The van der Waals surface area contributed by atoms with Crippen LogP contribution in [0.4, 0.5) is 17.3 Å². The first kappa shape index (κ1) is 10.2. The molecule has 8 heavy (non-hydrogen) atoms. The molecule has 0 aromatic rings. The highest BCUT2D eigenvalue weighted by Crippen LogP contribution is 2.06. The molecule has 0 spiro atoms. The lowest BCUT2D eigenvalue weighted by Gasteiger charge is -1.94. The van der Waals surface area contributed by atoms with Gasteiger partial charge in [0, 0.05) is 5.34 Å². The van der Waals surface area contributed by atoms with Crippen LogP contribution >= 0.6 is 0 Å². The molecule has 8 heteroatoms. The predicted octanol–water partition coefficient (Wildman–Crippen LogP) is -0.369. The second-order valence-corrected chi connectivity index (χ2v) is 0.578. The van der Waals surface area contributed by atoms with Crippen molar-refractivity contribution < 1.29 is 22.6 Å². The topological polar surface area (TPSA) is 54.1 Å². The first-order valence-electron chi connectivity index (χ1n) is 1.28. The molecule has 0 saturated heterocycles. The summed E-state index contributed by atoms with van der Waals surface area (Å²) in [5.74, 6) is 0. The highest BCUT2D eigenvalue weighted by molar-refractivity contribution is 6.50. The van der Waals surface area contributed by atoms with Gasteiger partial charge < -0.3 is 17.3 Å². The Hall–Kier alpha value is -0.815. The van der Waals surface area contributed by atoms with Gasteiger partial charge in [0.15, 0.2) is 0 Å². The van der Waals surface area contributed by atoms with Crippen LogP contribution in [0.2, 0.25) is 0 Å². The average Bonchev–Trinajstić information content (AvgIpc) is 1.27. The molecule has 0 radical (unpaired) electrons. The third kappa shape index (κ3) is 137. The first-order valence-corrected chi connectivity index (χ1v) is 1.28. The number of rotatable bonds is 0. The fourth-order valence-electron chi connectivity index (χ4n) is 0. The van der Waals surface area contributed by atoms with Crippen LogP contribution in [0.25, 0.3) is 0 Å². The minimum Gasteiger partial charge on any atom is -0.418 e. The molecule has 1 N–H and O–H groups in total. The molecule has 0 heterocycles. The molecule has 0 atom stereocenters. The highest BCUT2D eigenvalue weighted by Gasteiger charge is 2.20. The molecule has 0 fully saturated rings. The van der Waals surface area contributed by atoms with Crippen LogP contribution in [-0.2, 0) is 0 Å². The fraction of sp³-hybridized carbons (Fsp3) is 0. The first-order chi connectivity index (χ1) is 3.41. The van der Waals surface area contributed by atoms with Crippen LogP contribution in [-0.4, -0.2) is 7.25 Å². The molecule has 0 bridgehead atoms. The maximum absolute atomic E-state index is 9.75. The largest absolute Gasteiger partial charge is 0.673 e. The van der Waals surface area contributed by atoms with Gasteiger partial charge in [0.05, 0.1) is 0 Å². The molecule has 0 aliphatic carbocycles. The van der Waals surface area contributed by atoms with E-state index in [2.05, 4.69) is 0 Å². The zero-order valence-electron chi connectivity index (χ0n) is 3.41. The molecule has 0 aromatic carbocycles. The standard InChI is InChI=1S/BF4.HNO2/c2-1(3,4)5;2-1-3/h;1H/q-1;. The van der Waals surface area contributed by atoms with E-state index >= 15 is 0 Å². The van der Waals surface area contributed by atoms with E-state index in [1.165, 1.54) is 0 Å². The van der Waals surface area contributed by atoms with Crippen LogP contribution in [0.15, 0.2) is 0 Å². The summed E-state index contributed by atoms with van der Waals surface area (Å²) in [7, 11) is -6.00. The van der Waals surface area contributed by atoms with Gasteiger partial charge in [0.25, 0.3) is 0 Å². The molecular formula is HBF4NO2-. The Labute approximate surface area is 41.3 Å². The Morgan fingerprint density at radius 3 is 1.25 bits per heavy atom. The van der Waals surface area contributed by atoms with Crippen molar-refractivity contribution >= 4 is 7.25 Å². The average molecular weight is 134 g/mol. The van der Waals surface area contributed by atoms with Gasteiger partial charge in [-0.1, -0.05) is 0 Å². The Morgan fingerprint density at radius 1 is 1.25 bits per heavy atom. The van der Waals surface area contributed by atoms with Crippen molar-refractivity contribution in [2.24, 2.45) is 0 Å². The van der Waals surface area contributed by atoms with Crippen molar-refractivity contribution in [1.82, 2.24) is 0 Å². The number of hydrogen-bond donors (Lipinski definition) is 1. The number of nitrogens with one attached hydrogen (secondary N) is 1. The van der Waals surface area contributed by atoms with E-state index in [1.807, 2.05) is 0 Å². The number of halogens is 4. The minimum atomic E-state index is -6.00. The van der Waals surface area contributed by atoms with Crippen LogP contribution in [0.1, 0.15) is 0 Å². The summed E-state index contributed by atoms with van der Waals surface area (Å²) in [6.45, 7) is 0. The van der Waals surface area contributed by atoms with Gasteiger partial charge in [-0.3, -0.25) is 10.1 Å². The van der Waals surface area contributed by atoms with E-state index in [9.17, 15) is 17.3 Å². The molecular weight excluding hydrogens is 133 g/mol. The summed E-state index contributed by atoms with van der Waals surface area (Å²) in [5, 5.41) is 8.38. The van der Waals surface area contributed by atoms with Crippen molar-refractivity contribution in [3.05, 3.63) is 10.1 Å². The van der Waals surface area contributed by atoms with Gasteiger partial charge in [0.1, 0.15) is 0 Å². The van der Waals surface area contributed by atoms with Gasteiger partial charge >= 0.3 is 7.25 Å². The third-order valence-corrected chi connectivity index (χ3v) is 0. The van der Waals surface area contributed by atoms with Gasteiger partial charge in [-0.2, -0.15) is 0 Å². The quantitative estimate of drug-likeness (QED) is 0.212. The zero-order valence-corrected chi connectivity index (χ0v) is 3.41. The lowest BCUT2D eigenvalue weighted by Crippen LogP contribution is -2.53. The molecule has 0 rings (SSSR count). The predicted molar refractivity (Wildman–Crippen MR) is 17.9 cm³/mol. The van der Waals surface area contributed by atoms with Crippen LogP contribution in [0.5, 0.6) is 0 Å². The van der Waals surface area contributed by atoms with Crippen molar-refractivity contribution in [3.8, 4) is 0 Å². The molecule has 0 amide bonds. The Kier molecular flexibility index (Phi) is 5.55. The SMILES string of the molecule is F[B-](F)(F)F.O=[NH+][O-]. The van der Waals surface area contributed by atoms with Gasteiger partial charge in [-0.15, -0.1) is 0 Å². The Morgan fingerprint density at radius 2 is 1.25 bits per heavy atom. The van der Waals surface area contributed by atoms with Crippen LogP contribution in [0.3, 0.4) is 0 Å². The van der Waals surface area contributed by atoms with Crippen molar-refractivity contribution in [2.75, 3.05) is 0 Å². The van der Waals surface area contributed by atoms with E-state index in [1.54, 1.807) is 0 Å². The second kappa shape index (κ2) is 4.35. The van der Waals surface area contributed by atoms with E-state index < -0.39 is 7.25 Å². The molecule has 0 unspecified atom stereocenters. The second-order valence-electron chi connectivity index (χ2n) is 0.578. The summed E-state index contributed by atoms with van der Waals surface area (Å²) in [5.41, 5.74) is 0. The normalized spacial score (nSPS) is 9.00. The zero-order chi connectivity index (χ0) is 7.21. The van der Waals surface area contributed by atoms with Gasteiger partial charge in [-0.25, -0.2) is 0 Å². The molecule has 3 nitrogen and oxygen atoms in total. The monoisotopic (exact) mass is 134 g/mol. The van der Waals surface area contributed by atoms with E-state index in [-0.39, 0.29) is 5.34 Å². The summed E-state index contributed by atoms with van der Waals surface area (Å²) in [4.78, 5) is 8.12. The Balaban J connectivity index is 0. The molecule has 0 aromatic heterocycles. The summed E-state index contributed by atoms with van der Waals surface area (Å²) in [6, 6.07) is 0. The van der Waals surface area contributed by atoms with E-state index in [0.717, 1.165) is 0 Å². The van der Waals surface area contributed by atoms with Crippen LogP contribution < -0.4 is 5.34 Å². The Bertz CT molecular complexity index is 53.5. The molecule has 0 aliphatic heterocycles. The lowest BCUT2D eigenvalue weighted by molar-refractivity contribution is -0.398. The third-order valence-electron chi connectivity index (χ3n) is 0. The molecule has 0 aliphatic rings. The van der Waals surface area contributed by atoms with Crippen molar-refractivity contribution in [1.29, 1.82) is 0 Å². The van der Waals surface area contributed by atoms with E-state index in [0.29, 0.717) is 0 Å².